The van der Waals surface area contributed by atoms with Crippen LogP contribution in [0.4, 0.5) is 4.39 Å². The number of pyridine rings is 1. The van der Waals surface area contributed by atoms with Crippen molar-refractivity contribution in [3.8, 4) is 11.6 Å². The van der Waals surface area contributed by atoms with Gasteiger partial charge in [-0.15, -0.1) is 0 Å². The molecule has 3 rings (SSSR count). The molecule has 0 bridgehead atoms. The highest BCUT2D eigenvalue weighted by Crippen LogP contribution is 2.30. The molecule has 106 valence electrons. The second-order valence-electron chi connectivity index (χ2n) is 4.79. The Balaban J connectivity index is 2.08. The summed E-state index contributed by atoms with van der Waals surface area (Å²) in [5.41, 5.74) is 2.65. The second kappa shape index (κ2) is 5.82. The first-order valence-electron chi connectivity index (χ1n) is 6.56. The summed E-state index contributed by atoms with van der Waals surface area (Å²) in [4.78, 5) is 4.54. The van der Waals surface area contributed by atoms with Crippen LogP contribution in [-0.2, 0) is 5.33 Å². The molecule has 0 saturated heterocycles. The molecule has 1 heterocycles. The van der Waals surface area contributed by atoms with E-state index in [1.54, 1.807) is 6.07 Å². The molecule has 3 aromatic rings. The summed E-state index contributed by atoms with van der Waals surface area (Å²) in [6, 6.07) is 14.4. The number of nitrogens with zero attached hydrogens (tertiary/aromatic N) is 1. The predicted octanol–water partition coefficient (Wildman–Crippen LogP) is 5.37. The fourth-order valence-corrected chi connectivity index (χ4v) is 2.52. The first-order valence-corrected chi connectivity index (χ1v) is 7.68. The molecule has 0 saturated carbocycles. The lowest BCUT2D eigenvalue weighted by Crippen LogP contribution is -1.96. The van der Waals surface area contributed by atoms with Crippen molar-refractivity contribution in [2.75, 3.05) is 0 Å². The molecular formula is C17H13BrFNO. The van der Waals surface area contributed by atoms with E-state index in [9.17, 15) is 4.39 Å². The topological polar surface area (TPSA) is 22.1 Å². The van der Waals surface area contributed by atoms with E-state index < -0.39 is 0 Å². The van der Waals surface area contributed by atoms with Gasteiger partial charge >= 0.3 is 0 Å². The zero-order chi connectivity index (χ0) is 14.8. The number of para-hydroxylation sites is 1. The molecule has 4 heteroatoms. The number of aromatic nitrogens is 1. The Morgan fingerprint density at radius 3 is 2.76 bits per heavy atom. The molecule has 2 aromatic carbocycles. The third-order valence-electron chi connectivity index (χ3n) is 3.26. The van der Waals surface area contributed by atoms with Gasteiger partial charge in [-0.05, 0) is 30.7 Å². The number of aryl methyl sites for hydroxylation is 1. The predicted molar refractivity (Wildman–Crippen MR) is 85.6 cm³/mol. The van der Waals surface area contributed by atoms with Gasteiger partial charge in [-0.3, -0.25) is 0 Å². The van der Waals surface area contributed by atoms with E-state index in [-0.39, 0.29) is 5.82 Å². The van der Waals surface area contributed by atoms with Crippen molar-refractivity contribution < 1.29 is 9.13 Å². The van der Waals surface area contributed by atoms with Crippen molar-refractivity contribution in [2.45, 2.75) is 12.3 Å². The van der Waals surface area contributed by atoms with Gasteiger partial charge in [-0.2, -0.15) is 0 Å². The van der Waals surface area contributed by atoms with Gasteiger partial charge in [0.1, 0.15) is 11.6 Å². The number of hydrogen-bond donors (Lipinski definition) is 0. The lowest BCUT2D eigenvalue weighted by molar-refractivity contribution is 0.452. The van der Waals surface area contributed by atoms with Gasteiger partial charge in [0.05, 0.1) is 5.52 Å². The van der Waals surface area contributed by atoms with E-state index in [4.69, 9.17) is 4.74 Å². The van der Waals surface area contributed by atoms with Crippen LogP contribution in [0.2, 0.25) is 0 Å². The zero-order valence-corrected chi connectivity index (χ0v) is 13.0. The third-order valence-corrected chi connectivity index (χ3v) is 3.87. The van der Waals surface area contributed by atoms with Crippen LogP contribution in [0.5, 0.6) is 11.6 Å². The highest BCUT2D eigenvalue weighted by molar-refractivity contribution is 9.08. The minimum Gasteiger partial charge on any atom is -0.438 e. The molecule has 0 radical (unpaired) electrons. The van der Waals surface area contributed by atoms with Crippen molar-refractivity contribution in [2.24, 2.45) is 0 Å². The highest BCUT2D eigenvalue weighted by Gasteiger charge is 2.10. The van der Waals surface area contributed by atoms with Gasteiger partial charge < -0.3 is 4.74 Å². The molecule has 1 aromatic heterocycles. The quantitative estimate of drug-likeness (QED) is 0.595. The molecule has 21 heavy (non-hydrogen) atoms. The van der Waals surface area contributed by atoms with E-state index >= 15 is 0 Å². The molecule has 2 nitrogen and oxygen atoms in total. The van der Waals surface area contributed by atoms with Crippen LogP contribution in [0.25, 0.3) is 10.9 Å². The van der Waals surface area contributed by atoms with Crippen LogP contribution in [0, 0.1) is 12.7 Å². The monoisotopic (exact) mass is 345 g/mol. The van der Waals surface area contributed by atoms with E-state index in [1.807, 2.05) is 37.3 Å². The molecular weight excluding hydrogens is 333 g/mol. The Morgan fingerprint density at radius 1 is 1.14 bits per heavy atom. The lowest BCUT2D eigenvalue weighted by atomic mass is 10.1. The zero-order valence-electron chi connectivity index (χ0n) is 11.4. The Hall–Kier alpha value is -1.94. The van der Waals surface area contributed by atoms with Crippen molar-refractivity contribution in [1.82, 2.24) is 4.98 Å². The van der Waals surface area contributed by atoms with E-state index in [0.29, 0.717) is 17.0 Å². The Labute approximate surface area is 130 Å². The van der Waals surface area contributed by atoms with Gasteiger partial charge in [0.15, 0.2) is 0 Å². The van der Waals surface area contributed by atoms with Gasteiger partial charge in [-0.1, -0.05) is 40.2 Å². The minimum absolute atomic E-state index is 0.322. The average Bonchev–Trinajstić information content (AvgIpc) is 2.50. The number of ether oxygens (including phenoxy) is 1. The summed E-state index contributed by atoms with van der Waals surface area (Å²) < 4.78 is 19.2. The summed E-state index contributed by atoms with van der Waals surface area (Å²) in [5, 5.41) is 1.67. The number of benzene rings is 2. The number of halogens is 2. The van der Waals surface area contributed by atoms with Gasteiger partial charge in [-0.25, -0.2) is 9.37 Å². The molecule has 0 unspecified atom stereocenters. The van der Waals surface area contributed by atoms with Gasteiger partial charge in [0, 0.05) is 22.3 Å². The van der Waals surface area contributed by atoms with Crippen LogP contribution in [0.1, 0.15) is 11.1 Å². The fraction of sp³-hybridized carbons (Fsp3) is 0.118. The number of fused-ring (bicyclic) bond motifs is 1. The number of alkyl halides is 1. The molecule has 0 spiro atoms. The van der Waals surface area contributed by atoms with Crippen LogP contribution in [-0.4, -0.2) is 4.98 Å². The SMILES string of the molecule is Cc1ccc(F)cc1Oc1nc2ccccc2cc1CBr. The summed E-state index contributed by atoms with van der Waals surface area (Å²) in [6.45, 7) is 1.88. The largest absolute Gasteiger partial charge is 0.438 e. The van der Waals surface area contributed by atoms with Gasteiger partial charge in [0.25, 0.3) is 0 Å². The summed E-state index contributed by atoms with van der Waals surface area (Å²) >= 11 is 3.45. The fourth-order valence-electron chi connectivity index (χ4n) is 2.11. The van der Waals surface area contributed by atoms with E-state index in [2.05, 4.69) is 20.9 Å². The van der Waals surface area contributed by atoms with Crippen molar-refractivity contribution in [3.63, 3.8) is 0 Å². The average molecular weight is 346 g/mol. The molecule has 0 aliphatic carbocycles. The Kier molecular flexibility index (Phi) is 3.88. The van der Waals surface area contributed by atoms with Crippen LogP contribution in [0.3, 0.4) is 0 Å². The smallest absolute Gasteiger partial charge is 0.223 e. The standard InChI is InChI=1S/C17H13BrFNO/c1-11-6-7-14(19)9-16(11)21-17-13(10-18)8-12-4-2-3-5-15(12)20-17/h2-9H,10H2,1H3. The first-order chi connectivity index (χ1) is 10.2. The van der Waals surface area contributed by atoms with E-state index in [0.717, 1.165) is 22.0 Å². The minimum atomic E-state index is -0.322. The maximum atomic E-state index is 13.4. The van der Waals surface area contributed by atoms with Crippen LogP contribution < -0.4 is 4.74 Å². The third kappa shape index (κ3) is 2.90. The van der Waals surface area contributed by atoms with Crippen molar-refractivity contribution >= 4 is 26.8 Å². The lowest BCUT2D eigenvalue weighted by Gasteiger charge is -2.12. The normalized spacial score (nSPS) is 10.8. The van der Waals surface area contributed by atoms with E-state index in [1.165, 1.54) is 12.1 Å². The molecule has 0 amide bonds. The number of hydrogen-bond acceptors (Lipinski definition) is 2. The maximum Gasteiger partial charge on any atom is 0.223 e. The Morgan fingerprint density at radius 2 is 1.95 bits per heavy atom. The van der Waals surface area contributed by atoms with Gasteiger partial charge in [0.2, 0.25) is 5.88 Å². The summed E-state index contributed by atoms with van der Waals surface area (Å²) in [5.74, 6) is 0.663. The molecule has 0 fully saturated rings. The summed E-state index contributed by atoms with van der Waals surface area (Å²) in [7, 11) is 0. The Bertz CT molecular complexity index is 804. The molecule has 0 atom stereocenters. The highest BCUT2D eigenvalue weighted by atomic mass is 79.9. The molecule has 0 N–H and O–H groups in total. The molecule has 0 aliphatic rings. The molecule has 0 aliphatic heterocycles. The maximum absolute atomic E-state index is 13.4. The van der Waals surface area contributed by atoms with Crippen molar-refractivity contribution in [3.05, 3.63) is 65.5 Å². The second-order valence-corrected chi connectivity index (χ2v) is 5.35. The van der Waals surface area contributed by atoms with Crippen molar-refractivity contribution in [1.29, 1.82) is 0 Å². The van der Waals surface area contributed by atoms with Crippen LogP contribution >= 0.6 is 15.9 Å². The first kappa shape index (κ1) is 14.0. The summed E-state index contributed by atoms with van der Waals surface area (Å²) in [6.07, 6.45) is 0. The van der Waals surface area contributed by atoms with Crippen LogP contribution in [0.15, 0.2) is 48.5 Å². The number of rotatable bonds is 3.